The van der Waals surface area contributed by atoms with Crippen LogP contribution in [0.4, 0.5) is 5.69 Å². The number of hydrogen-bond acceptors (Lipinski definition) is 4. The molecule has 0 saturated carbocycles. The molecule has 39 heavy (non-hydrogen) atoms. The van der Waals surface area contributed by atoms with E-state index in [1.165, 1.54) is 4.90 Å². The lowest BCUT2D eigenvalue weighted by Gasteiger charge is -2.35. The minimum atomic E-state index is -4.09. The highest BCUT2D eigenvalue weighted by Crippen LogP contribution is 2.27. The summed E-state index contributed by atoms with van der Waals surface area (Å²) in [7, 11) is -4.09. The molecule has 0 aliphatic carbocycles. The molecular weight excluding hydrogens is 510 g/mol. The first-order valence-corrected chi connectivity index (χ1v) is 14.6. The number of anilines is 1. The summed E-state index contributed by atoms with van der Waals surface area (Å²) in [6.07, 6.45) is 0.371. The van der Waals surface area contributed by atoms with Gasteiger partial charge in [0.25, 0.3) is 10.0 Å². The zero-order chi connectivity index (χ0) is 28.8. The van der Waals surface area contributed by atoms with Crippen LogP contribution in [0.1, 0.15) is 50.8 Å². The van der Waals surface area contributed by atoms with Crippen molar-refractivity contribution in [3.05, 3.63) is 95.6 Å². The number of carbonyl (C=O) groups is 2. The van der Waals surface area contributed by atoms with Crippen LogP contribution in [0.15, 0.2) is 83.8 Å². The summed E-state index contributed by atoms with van der Waals surface area (Å²) in [5.74, 6) is -0.744. The zero-order valence-electron chi connectivity index (χ0n) is 23.6. The van der Waals surface area contributed by atoms with Crippen LogP contribution in [0.25, 0.3) is 0 Å². The second-order valence-corrected chi connectivity index (χ2v) is 12.6. The summed E-state index contributed by atoms with van der Waals surface area (Å²) in [6, 6.07) is 22.3. The molecule has 8 heteroatoms. The Morgan fingerprint density at radius 1 is 0.872 bits per heavy atom. The van der Waals surface area contributed by atoms with E-state index < -0.39 is 34.1 Å². The van der Waals surface area contributed by atoms with Crippen LogP contribution in [0, 0.1) is 13.8 Å². The van der Waals surface area contributed by atoms with Gasteiger partial charge in [0.1, 0.15) is 12.6 Å². The molecular formula is C31H39N3O4S. The van der Waals surface area contributed by atoms with Gasteiger partial charge in [-0.25, -0.2) is 8.42 Å². The summed E-state index contributed by atoms with van der Waals surface area (Å²) in [5, 5.41) is 2.98. The Bertz CT molecular complexity index is 1380. The average molecular weight is 550 g/mol. The van der Waals surface area contributed by atoms with Crippen molar-refractivity contribution in [2.75, 3.05) is 10.8 Å². The molecule has 0 bridgehead atoms. The maximum Gasteiger partial charge on any atom is 0.264 e. The quantitative estimate of drug-likeness (QED) is 0.376. The first kappa shape index (κ1) is 29.9. The molecule has 0 radical (unpaired) electrons. The van der Waals surface area contributed by atoms with Gasteiger partial charge in [-0.05, 0) is 70.4 Å². The Morgan fingerprint density at radius 2 is 1.46 bits per heavy atom. The number of nitrogens with zero attached hydrogens (tertiary/aromatic N) is 2. The second kappa shape index (κ2) is 12.5. The summed E-state index contributed by atoms with van der Waals surface area (Å²) in [4.78, 5) is 29.0. The summed E-state index contributed by atoms with van der Waals surface area (Å²) < 4.78 is 29.1. The third kappa shape index (κ3) is 7.69. The van der Waals surface area contributed by atoms with Crippen LogP contribution in [-0.4, -0.2) is 43.3 Å². The molecule has 3 aromatic carbocycles. The van der Waals surface area contributed by atoms with Gasteiger partial charge in [-0.3, -0.25) is 13.9 Å². The van der Waals surface area contributed by atoms with Gasteiger partial charge >= 0.3 is 0 Å². The normalized spacial score (nSPS) is 12.5. The van der Waals surface area contributed by atoms with E-state index in [0.717, 1.165) is 15.4 Å². The first-order valence-electron chi connectivity index (χ1n) is 13.1. The fourth-order valence-electron chi connectivity index (χ4n) is 4.35. The van der Waals surface area contributed by atoms with Crippen LogP contribution in [0.3, 0.4) is 0 Å². The molecule has 0 fully saturated rings. The predicted octanol–water partition coefficient (Wildman–Crippen LogP) is 5.22. The molecule has 0 heterocycles. The molecule has 2 amide bonds. The van der Waals surface area contributed by atoms with Crippen molar-refractivity contribution in [1.29, 1.82) is 0 Å². The van der Waals surface area contributed by atoms with Crippen molar-refractivity contribution in [3.63, 3.8) is 0 Å². The lowest BCUT2D eigenvalue weighted by molar-refractivity contribution is -0.141. The van der Waals surface area contributed by atoms with Crippen LogP contribution < -0.4 is 9.62 Å². The topological polar surface area (TPSA) is 86.8 Å². The van der Waals surface area contributed by atoms with Gasteiger partial charge in [0.05, 0.1) is 10.6 Å². The van der Waals surface area contributed by atoms with Crippen LogP contribution in [-0.2, 0) is 26.2 Å². The number of aryl methyl sites for hydroxylation is 2. The Kier molecular flexibility index (Phi) is 9.56. The lowest BCUT2D eigenvalue weighted by Crippen LogP contribution is -2.55. The molecule has 0 saturated heterocycles. The van der Waals surface area contributed by atoms with Crippen molar-refractivity contribution in [2.45, 2.75) is 71.0 Å². The summed E-state index contributed by atoms with van der Waals surface area (Å²) in [6.45, 7) is 10.9. The maximum absolute atomic E-state index is 14.1. The van der Waals surface area contributed by atoms with Crippen molar-refractivity contribution < 1.29 is 18.0 Å². The Hall–Kier alpha value is -3.65. The molecule has 1 atom stereocenters. The van der Waals surface area contributed by atoms with Crippen molar-refractivity contribution in [3.8, 4) is 0 Å². The van der Waals surface area contributed by atoms with Crippen LogP contribution in [0.2, 0.25) is 0 Å². The monoisotopic (exact) mass is 549 g/mol. The Morgan fingerprint density at radius 3 is 2.03 bits per heavy atom. The molecule has 208 valence electrons. The van der Waals surface area contributed by atoms with E-state index in [9.17, 15) is 18.0 Å². The van der Waals surface area contributed by atoms with Gasteiger partial charge in [0.15, 0.2) is 0 Å². The molecule has 0 aliphatic heterocycles. The Balaban J connectivity index is 2.07. The molecule has 0 aliphatic rings. The smallest absolute Gasteiger partial charge is 0.264 e. The molecule has 3 aromatic rings. The zero-order valence-corrected chi connectivity index (χ0v) is 24.5. The highest BCUT2D eigenvalue weighted by atomic mass is 32.2. The standard InChI is InChI=1S/C31H39N3O4S/c1-7-27(30(36)32-31(4,5)6)33(21-25-14-9-8-10-15-25)29(35)22-34(28-16-12-11-13-24(28)3)39(37,38)26-19-17-23(2)18-20-26/h8-20,27H,7,21-22H2,1-6H3,(H,32,36)/t27-/m0/s1. The largest absolute Gasteiger partial charge is 0.350 e. The van der Waals surface area contributed by atoms with Crippen molar-refractivity contribution in [2.24, 2.45) is 0 Å². The molecule has 3 rings (SSSR count). The van der Waals surface area contributed by atoms with E-state index in [-0.39, 0.29) is 17.3 Å². The summed E-state index contributed by atoms with van der Waals surface area (Å²) in [5.41, 5.74) is 2.41. The maximum atomic E-state index is 14.1. The Labute approximate surface area is 232 Å². The summed E-state index contributed by atoms with van der Waals surface area (Å²) >= 11 is 0. The fraction of sp³-hybridized carbons (Fsp3) is 0.355. The van der Waals surface area contributed by atoms with E-state index in [1.54, 1.807) is 36.4 Å². The SMILES string of the molecule is CC[C@@H](C(=O)NC(C)(C)C)N(Cc1ccccc1)C(=O)CN(c1ccccc1C)S(=O)(=O)c1ccc(C)cc1. The van der Waals surface area contributed by atoms with E-state index in [1.807, 2.05) is 84.0 Å². The van der Waals surface area contributed by atoms with Crippen LogP contribution >= 0.6 is 0 Å². The molecule has 1 N–H and O–H groups in total. The number of hydrogen-bond donors (Lipinski definition) is 1. The molecule has 0 unspecified atom stereocenters. The highest BCUT2D eigenvalue weighted by molar-refractivity contribution is 7.92. The van der Waals surface area contributed by atoms with Gasteiger partial charge in [0.2, 0.25) is 11.8 Å². The third-order valence-electron chi connectivity index (χ3n) is 6.35. The number of para-hydroxylation sites is 1. The third-order valence-corrected chi connectivity index (χ3v) is 8.13. The van der Waals surface area contributed by atoms with Crippen LogP contribution in [0.5, 0.6) is 0 Å². The highest BCUT2D eigenvalue weighted by Gasteiger charge is 2.34. The number of sulfonamides is 1. The second-order valence-electron chi connectivity index (χ2n) is 10.8. The minimum Gasteiger partial charge on any atom is -0.350 e. The molecule has 0 aromatic heterocycles. The molecule has 0 spiro atoms. The number of amides is 2. The lowest BCUT2D eigenvalue weighted by atomic mass is 10.1. The van der Waals surface area contributed by atoms with E-state index in [4.69, 9.17) is 0 Å². The van der Waals surface area contributed by atoms with Gasteiger partial charge in [-0.1, -0.05) is 73.2 Å². The average Bonchev–Trinajstić information content (AvgIpc) is 2.87. The van der Waals surface area contributed by atoms with Gasteiger partial charge < -0.3 is 10.2 Å². The first-order chi connectivity index (χ1) is 18.3. The van der Waals surface area contributed by atoms with E-state index in [2.05, 4.69) is 5.32 Å². The minimum absolute atomic E-state index is 0.0938. The number of carbonyl (C=O) groups excluding carboxylic acids is 2. The van der Waals surface area contributed by atoms with E-state index in [0.29, 0.717) is 17.7 Å². The van der Waals surface area contributed by atoms with Gasteiger partial charge in [-0.15, -0.1) is 0 Å². The molecule has 7 nitrogen and oxygen atoms in total. The van der Waals surface area contributed by atoms with Gasteiger partial charge in [-0.2, -0.15) is 0 Å². The van der Waals surface area contributed by atoms with E-state index >= 15 is 0 Å². The number of benzene rings is 3. The number of nitrogens with one attached hydrogen (secondary N) is 1. The van der Waals surface area contributed by atoms with Gasteiger partial charge in [0, 0.05) is 12.1 Å². The van der Waals surface area contributed by atoms with Crippen molar-refractivity contribution >= 4 is 27.5 Å². The number of rotatable bonds is 10. The fourth-order valence-corrected chi connectivity index (χ4v) is 5.83. The van der Waals surface area contributed by atoms with Crippen molar-refractivity contribution in [1.82, 2.24) is 10.2 Å². The predicted molar refractivity (Wildman–Crippen MR) is 156 cm³/mol.